The van der Waals surface area contributed by atoms with Crippen molar-refractivity contribution in [3.05, 3.63) is 29.8 Å². The molecule has 1 fully saturated rings. The molecule has 17 heavy (non-hydrogen) atoms. The van der Waals surface area contributed by atoms with Gasteiger partial charge in [-0.3, -0.25) is 0 Å². The van der Waals surface area contributed by atoms with Gasteiger partial charge in [-0.1, -0.05) is 18.6 Å². The second-order valence-electron chi connectivity index (χ2n) is 5.58. The van der Waals surface area contributed by atoms with Crippen LogP contribution in [0.4, 0.5) is 5.69 Å². The van der Waals surface area contributed by atoms with Gasteiger partial charge < -0.3 is 10.2 Å². The Kier molecular flexibility index (Phi) is 3.72. The van der Waals surface area contributed by atoms with Crippen molar-refractivity contribution in [2.75, 3.05) is 32.1 Å². The molecular weight excluding hydrogens is 208 g/mol. The van der Waals surface area contributed by atoms with E-state index in [4.69, 9.17) is 0 Å². The van der Waals surface area contributed by atoms with Crippen LogP contribution < -0.4 is 10.2 Å². The van der Waals surface area contributed by atoms with Crippen molar-refractivity contribution < 1.29 is 0 Å². The summed E-state index contributed by atoms with van der Waals surface area (Å²) >= 11 is 0. The third-order valence-corrected chi connectivity index (χ3v) is 3.98. The summed E-state index contributed by atoms with van der Waals surface area (Å²) in [6.07, 6.45) is 4.12. The van der Waals surface area contributed by atoms with Crippen LogP contribution >= 0.6 is 0 Å². The van der Waals surface area contributed by atoms with Gasteiger partial charge in [0, 0.05) is 31.2 Å². The first-order chi connectivity index (χ1) is 8.15. The first kappa shape index (κ1) is 12.4. The molecule has 0 aliphatic heterocycles. The van der Waals surface area contributed by atoms with E-state index in [1.165, 1.54) is 30.5 Å². The molecule has 0 unspecified atom stereocenters. The minimum Gasteiger partial charge on any atom is -0.374 e. The maximum absolute atomic E-state index is 3.35. The number of aryl methyl sites for hydroxylation is 1. The lowest BCUT2D eigenvalue weighted by Crippen LogP contribution is -2.47. The van der Waals surface area contributed by atoms with Crippen molar-refractivity contribution in [2.45, 2.75) is 26.2 Å². The Balaban J connectivity index is 2.03. The van der Waals surface area contributed by atoms with Gasteiger partial charge in [-0.15, -0.1) is 0 Å². The Hall–Kier alpha value is -1.02. The summed E-state index contributed by atoms with van der Waals surface area (Å²) in [6.45, 7) is 4.46. The molecule has 0 atom stereocenters. The monoisotopic (exact) mass is 232 g/mol. The lowest BCUT2D eigenvalue weighted by molar-refractivity contribution is 0.143. The van der Waals surface area contributed by atoms with Gasteiger partial charge in [-0.05, 0) is 44.5 Å². The summed E-state index contributed by atoms with van der Waals surface area (Å²) in [5, 5.41) is 3.35. The van der Waals surface area contributed by atoms with Gasteiger partial charge in [-0.25, -0.2) is 0 Å². The predicted octanol–water partition coefficient (Wildman–Crippen LogP) is 2.82. The number of nitrogens with zero attached hydrogens (tertiary/aromatic N) is 1. The van der Waals surface area contributed by atoms with Gasteiger partial charge in [0.1, 0.15) is 0 Å². The zero-order valence-electron chi connectivity index (χ0n) is 11.3. The average molecular weight is 232 g/mol. The molecule has 0 heterocycles. The number of hydrogen-bond acceptors (Lipinski definition) is 2. The van der Waals surface area contributed by atoms with Crippen molar-refractivity contribution in [1.29, 1.82) is 0 Å². The Labute approximate surface area is 105 Å². The number of rotatable bonds is 5. The molecule has 1 aromatic rings. The molecule has 1 aliphatic carbocycles. The lowest BCUT2D eigenvalue weighted by Gasteiger charge is -2.45. The third kappa shape index (κ3) is 2.81. The van der Waals surface area contributed by atoms with Crippen LogP contribution in [0.3, 0.4) is 0 Å². The van der Waals surface area contributed by atoms with Crippen LogP contribution in [0.15, 0.2) is 24.3 Å². The van der Waals surface area contributed by atoms with Crippen molar-refractivity contribution in [1.82, 2.24) is 5.32 Å². The second-order valence-corrected chi connectivity index (χ2v) is 5.58. The van der Waals surface area contributed by atoms with E-state index in [1.54, 1.807) is 0 Å². The molecular formula is C15H24N2. The van der Waals surface area contributed by atoms with Gasteiger partial charge in [0.15, 0.2) is 0 Å². The molecule has 0 bridgehead atoms. The average Bonchev–Trinajstić information content (AvgIpc) is 2.26. The molecule has 2 rings (SSSR count). The van der Waals surface area contributed by atoms with E-state index in [-0.39, 0.29) is 0 Å². The SMILES string of the molecule is CNCC1(CN(C)c2cccc(C)c2)CCC1. The molecule has 2 nitrogen and oxygen atoms in total. The van der Waals surface area contributed by atoms with Crippen LogP contribution in [0, 0.1) is 12.3 Å². The summed E-state index contributed by atoms with van der Waals surface area (Å²) in [5.74, 6) is 0. The maximum Gasteiger partial charge on any atom is 0.0366 e. The third-order valence-electron chi connectivity index (χ3n) is 3.98. The van der Waals surface area contributed by atoms with E-state index in [0.29, 0.717) is 5.41 Å². The van der Waals surface area contributed by atoms with Crippen LogP contribution in [-0.4, -0.2) is 27.2 Å². The fourth-order valence-corrected chi connectivity index (χ4v) is 2.90. The standard InChI is InChI=1S/C15H24N2/c1-13-6-4-7-14(10-13)17(3)12-15(11-16-2)8-5-9-15/h4,6-7,10,16H,5,8-9,11-12H2,1-3H3. The van der Waals surface area contributed by atoms with Crippen molar-refractivity contribution in [2.24, 2.45) is 5.41 Å². The van der Waals surface area contributed by atoms with Crippen molar-refractivity contribution >= 4 is 5.69 Å². The zero-order valence-corrected chi connectivity index (χ0v) is 11.3. The van der Waals surface area contributed by atoms with E-state index >= 15 is 0 Å². The molecule has 1 aromatic carbocycles. The number of anilines is 1. The molecule has 0 aromatic heterocycles. The smallest absolute Gasteiger partial charge is 0.0366 e. The highest BCUT2D eigenvalue weighted by atomic mass is 15.1. The Morgan fingerprint density at radius 1 is 1.35 bits per heavy atom. The van der Waals surface area contributed by atoms with Crippen molar-refractivity contribution in [3.8, 4) is 0 Å². The van der Waals surface area contributed by atoms with Crippen LogP contribution in [0.2, 0.25) is 0 Å². The molecule has 1 saturated carbocycles. The maximum atomic E-state index is 3.35. The zero-order chi connectivity index (χ0) is 12.3. The summed E-state index contributed by atoms with van der Waals surface area (Å²) in [7, 11) is 4.28. The summed E-state index contributed by atoms with van der Waals surface area (Å²) in [4.78, 5) is 2.41. The van der Waals surface area contributed by atoms with E-state index in [0.717, 1.165) is 13.1 Å². The van der Waals surface area contributed by atoms with E-state index < -0.39 is 0 Å². The van der Waals surface area contributed by atoms with Gasteiger partial charge >= 0.3 is 0 Å². The number of benzene rings is 1. The Morgan fingerprint density at radius 3 is 2.65 bits per heavy atom. The Bertz CT molecular complexity index is 369. The van der Waals surface area contributed by atoms with E-state index in [9.17, 15) is 0 Å². The fraction of sp³-hybridized carbons (Fsp3) is 0.600. The van der Waals surface area contributed by atoms with Crippen LogP contribution in [0.1, 0.15) is 24.8 Å². The molecule has 2 heteroatoms. The predicted molar refractivity (Wildman–Crippen MR) is 74.7 cm³/mol. The summed E-state index contributed by atoms with van der Waals surface area (Å²) < 4.78 is 0. The topological polar surface area (TPSA) is 15.3 Å². The molecule has 94 valence electrons. The van der Waals surface area contributed by atoms with Crippen LogP contribution in [0.5, 0.6) is 0 Å². The second kappa shape index (κ2) is 5.09. The first-order valence-corrected chi connectivity index (χ1v) is 6.58. The quantitative estimate of drug-likeness (QED) is 0.840. The fourth-order valence-electron chi connectivity index (χ4n) is 2.90. The van der Waals surface area contributed by atoms with E-state index in [1.807, 2.05) is 0 Å². The van der Waals surface area contributed by atoms with Gasteiger partial charge in [-0.2, -0.15) is 0 Å². The number of nitrogens with one attached hydrogen (secondary N) is 1. The molecule has 0 radical (unpaired) electrons. The van der Waals surface area contributed by atoms with Gasteiger partial charge in [0.2, 0.25) is 0 Å². The summed E-state index contributed by atoms with van der Waals surface area (Å²) in [5.41, 5.74) is 3.19. The highest BCUT2D eigenvalue weighted by Crippen LogP contribution is 2.41. The van der Waals surface area contributed by atoms with Crippen LogP contribution in [-0.2, 0) is 0 Å². The van der Waals surface area contributed by atoms with Gasteiger partial charge in [0.05, 0.1) is 0 Å². The highest BCUT2D eigenvalue weighted by Gasteiger charge is 2.37. The van der Waals surface area contributed by atoms with Crippen molar-refractivity contribution in [3.63, 3.8) is 0 Å². The largest absolute Gasteiger partial charge is 0.374 e. The number of hydrogen-bond donors (Lipinski definition) is 1. The highest BCUT2D eigenvalue weighted by molar-refractivity contribution is 5.48. The minimum absolute atomic E-state index is 0.507. The van der Waals surface area contributed by atoms with Gasteiger partial charge in [0.25, 0.3) is 0 Å². The molecule has 1 N–H and O–H groups in total. The first-order valence-electron chi connectivity index (χ1n) is 6.58. The summed E-state index contributed by atoms with van der Waals surface area (Å²) in [6, 6.07) is 8.78. The van der Waals surface area contributed by atoms with Crippen LogP contribution in [0.25, 0.3) is 0 Å². The molecule has 0 spiro atoms. The van der Waals surface area contributed by atoms with E-state index in [2.05, 4.69) is 55.5 Å². The minimum atomic E-state index is 0.507. The molecule has 1 aliphatic rings. The molecule has 0 amide bonds. The Morgan fingerprint density at radius 2 is 2.12 bits per heavy atom. The normalized spacial score (nSPS) is 17.6. The molecule has 0 saturated heterocycles. The lowest BCUT2D eigenvalue weighted by atomic mass is 9.68.